The van der Waals surface area contributed by atoms with Crippen LogP contribution in [-0.2, 0) is 0 Å². The Kier molecular flexibility index (Phi) is 4.37. The smallest absolute Gasteiger partial charge is 0.205 e. The predicted octanol–water partition coefficient (Wildman–Crippen LogP) is 4.88. The molecule has 2 aromatic heterocycles. The van der Waals surface area contributed by atoms with Crippen molar-refractivity contribution < 1.29 is 13.9 Å². The molecule has 2 aromatic carbocycles. The van der Waals surface area contributed by atoms with E-state index in [1.165, 1.54) is 12.1 Å². The van der Waals surface area contributed by atoms with Crippen LogP contribution < -0.4 is 9.47 Å². The minimum atomic E-state index is -0.288. The average Bonchev–Trinajstić information content (AvgIpc) is 3.15. The molecule has 0 fully saturated rings. The van der Waals surface area contributed by atoms with E-state index in [0.717, 1.165) is 28.0 Å². The molecule has 1 N–H and O–H groups in total. The Morgan fingerprint density at radius 3 is 2.52 bits per heavy atom. The van der Waals surface area contributed by atoms with Gasteiger partial charge in [0.05, 0.1) is 19.9 Å². The topological polar surface area (TPSA) is 51.6 Å². The van der Waals surface area contributed by atoms with Gasteiger partial charge in [-0.05, 0) is 48.1 Å². The van der Waals surface area contributed by atoms with Crippen LogP contribution >= 0.6 is 12.2 Å². The van der Waals surface area contributed by atoms with Crippen LogP contribution in [0.25, 0.3) is 28.0 Å². The van der Waals surface area contributed by atoms with Gasteiger partial charge in [0.2, 0.25) is 4.77 Å². The molecule has 0 saturated carbocycles. The molecule has 4 rings (SSSR count). The molecule has 7 heteroatoms. The van der Waals surface area contributed by atoms with Crippen LogP contribution in [0, 0.1) is 10.6 Å². The second-order valence-electron chi connectivity index (χ2n) is 5.91. The molecule has 0 aliphatic carbocycles. The van der Waals surface area contributed by atoms with Crippen LogP contribution in [0.2, 0.25) is 0 Å². The van der Waals surface area contributed by atoms with E-state index in [9.17, 15) is 4.39 Å². The average molecular weight is 381 g/mol. The first kappa shape index (κ1) is 17.2. The molecular formula is C20H16FN3O2S. The Bertz CT molecular complexity index is 1180. The number of ether oxygens (including phenoxy) is 2. The number of rotatable bonds is 4. The standard InChI is InChI=1S/C20H16FN3O2S/c1-25-14-7-8-18(26-2)15(9-14)17-11-24-19(23-17)16(10-22-20(24)27)12-3-5-13(21)6-4-12/h3-11,23H,1-2H3. The number of fused-ring (bicyclic) bond motifs is 1. The van der Waals surface area contributed by atoms with Gasteiger partial charge in [0.1, 0.15) is 23.0 Å². The van der Waals surface area contributed by atoms with Crippen LogP contribution in [0.1, 0.15) is 0 Å². The fraction of sp³-hybridized carbons (Fsp3) is 0.100. The Morgan fingerprint density at radius 1 is 1.04 bits per heavy atom. The molecule has 0 unspecified atom stereocenters. The summed E-state index contributed by atoms with van der Waals surface area (Å²) >= 11 is 5.37. The molecule has 0 atom stereocenters. The molecular weight excluding hydrogens is 365 g/mol. The summed E-state index contributed by atoms with van der Waals surface area (Å²) in [6.07, 6.45) is 3.56. The number of aromatic nitrogens is 3. The number of H-pyrrole nitrogens is 1. The fourth-order valence-electron chi connectivity index (χ4n) is 3.01. The van der Waals surface area contributed by atoms with E-state index < -0.39 is 0 Å². The monoisotopic (exact) mass is 381 g/mol. The second-order valence-corrected chi connectivity index (χ2v) is 6.28. The Balaban J connectivity index is 1.95. The number of hydrogen-bond donors (Lipinski definition) is 1. The maximum atomic E-state index is 13.3. The molecule has 0 bridgehead atoms. The highest BCUT2D eigenvalue weighted by atomic mass is 32.1. The van der Waals surface area contributed by atoms with Crippen molar-refractivity contribution in [3.05, 3.63) is 65.4 Å². The van der Waals surface area contributed by atoms with E-state index in [2.05, 4.69) is 9.97 Å². The lowest BCUT2D eigenvalue weighted by molar-refractivity contribution is 0.404. The van der Waals surface area contributed by atoms with Crippen LogP contribution in [-0.4, -0.2) is 28.6 Å². The summed E-state index contributed by atoms with van der Waals surface area (Å²) in [5.74, 6) is 1.12. The fourth-order valence-corrected chi connectivity index (χ4v) is 3.20. The van der Waals surface area contributed by atoms with Crippen LogP contribution in [0.15, 0.2) is 54.9 Å². The third kappa shape index (κ3) is 3.06. The van der Waals surface area contributed by atoms with Crippen molar-refractivity contribution in [2.45, 2.75) is 0 Å². The summed E-state index contributed by atoms with van der Waals surface area (Å²) in [6.45, 7) is 0. The Morgan fingerprint density at radius 2 is 1.81 bits per heavy atom. The normalized spacial score (nSPS) is 10.9. The summed E-state index contributed by atoms with van der Waals surface area (Å²) in [7, 11) is 3.23. The zero-order valence-electron chi connectivity index (χ0n) is 14.7. The Labute approximate surface area is 160 Å². The van der Waals surface area contributed by atoms with E-state index >= 15 is 0 Å². The molecule has 0 spiro atoms. The number of nitrogens with one attached hydrogen (secondary N) is 1. The highest BCUT2D eigenvalue weighted by Crippen LogP contribution is 2.34. The van der Waals surface area contributed by atoms with Crippen LogP contribution in [0.5, 0.6) is 11.5 Å². The van der Waals surface area contributed by atoms with Gasteiger partial charge in [-0.2, -0.15) is 0 Å². The number of imidazole rings is 1. The first-order valence-electron chi connectivity index (χ1n) is 8.19. The van der Waals surface area contributed by atoms with Gasteiger partial charge in [0.15, 0.2) is 0 Å². The third-order valence-electron chi connectivity index (χ3n) is 4.37. The minimum Gasteiger partial charge on any atom is -0.497 e. The van der Waals surface area contributed by atoms with Crippen molar-refractivity contribution in [1.82, 2.24) is 14.4 Å². The van der Waals surface area contributed by atoms with Crippen molar-refractivity contribution in [2.24, 2.45) is 0 Å². The summed E-state index contributed by atoms with van der Waals surface area (Å²) < 4.78 is 26.3. The van der Waals surface area contributed by atoms with Gasteiger partial charge in [0, 0.05) is 23.5 Å². The SMILES string of the molecule is COc1ccc(OC)c(-c2cn3c(=S)ncc(-c4ccc(F)cc4)c3[nH]2)c1. The van der Waals surface area contributed by atoms with Gasteiger partial charge < -0.3 is 14.5 Å². The third-order valence-corrected chi connectivity index (χ3v) is 4.67. The van der Waals surface area contributed by atoms with E-state index in [1.54, 1.807) is 36.9 Å². The van der Waals surface area contributed by atoms with Gasteiger partial charge in [-0.15, -0.1) is 0 Å². The van der Waals surface area contributed by atoms with Gasteiger partial charge in [-0.3, -0.25) is 4.40 Å². The molecule has 0 aliphatic rings. The first-order valence-corrected chi connectivity index (χ1v) is 8.60. The quantitative estimate of drug-likeness (QED) is 0.512. The van der Waals surface area contributed by atoms with Crippen molar-refractivity contribution >= 4 is 17.9 Å². The minimum absolute atomic E-state index is 0.288. The number of aromatic amines is 1. The van der Waals surface area contributed by atoms with Crippen molar-refractivity contribution in [1.29, 1.82) is 0 Å². The molecule has 136 valence electrons. The van der Waals surface area contributed by atoms with Crippen LogP contribution in [0.4, 0.5) is 4.39 Å². The first-order chi connectivity index (χ1) is 13.1. The molecule has 27 heavy (non-hydrogen) atoms. The molecule has 4 aromatic rings. The molecule has 2 heterocycles. The summed E-state index contributed by atoms with van der Waals surface area (Å²) in [5.41, 5.74) is 4.05. The molecule has 0 radical (unpaired) electrons. The largest absolute Gasteiger partial charge is 0.497 e. The molecule has 0 aliphatic heterocycles. The maximum Gasteiger partial charge on any atom is 0.205 e. The predicted molar refractivity (Wildman–Crippen MR) is 104 cm³/mol. The highest BCUT2D eigenvalue weighted by molar-refractivity contribution is 7.71. The lowest BCUT2D eigenvalue weighted by atomic mass is 10.1. The number of methoxy groups -OCH3 is 2. The summed E-state index contributed by atoms with van der Waals surface area (Å²) in [6, 6.07) is 11.8. The Hall–Kier alpha value is -3.19. The van der Waals surface area contributed by atoms with E-state index in [-0.39, 0.29) is 5.82 Å². The van der Waals surface area contributed by atoms with Crippen molar-refractivity contribution in [2.75, 3.05) is 14.2 Å². The number of benzene rings is 2. The zero-order valence-corrected chi connectivity index (χ0v) is 15.5. The second kappa shape index (κ2) is 6.85. The van der Waals surface area contributed by atoms with Gasteiger partial charge in [0.25, 0.3) is 0 Å². The summed E-state index contributed by atoms with van der Waals surface area (Å²) in [4.78, 5) is 7.68. The zero-order chi connectivity index (χ0) is 19.0. The van der Waals surface area contributed by atoms with E-state index in [1.807, 2.05) is 24.4 Å². The number of nitrogens with zero attached hydrogens (tertiary/aromatic N) is 2. The van der Waals surface area contributed by atoms with Gasteiger partial charge in [-0.1, -0.05) is 12.1 Å². The van der Waals surface area contributed by atoms with Crippen molar-refractivity contribution in [3.8, 4) is 33.9 Å². The molecule has 0 saturated heterocycles. The van der Waals surface area contributed by atoms with Crippen molar-refractivity contribution in [3.63, 3.8) is 0 Å². The highest BCUT2D eigenvalue weighted by Gasteiger charge is 2.14. The maximum absolute atomic E-state index is 13.3. The van der Waals surface area contributed by atoms with E-state index in [0.29, 0.717) is 16.3 Å². The number of halogens is 1. The van der Waals surface area contributed by atoms with E-state index in [4.69, 9.17) is 21.7 Å². The molecule has 5 nitrogen and oxygen atoms in total. The van der Waals surface area contributed by atoms with Gasteiger partial charge in [-0.25, -0.2) is 9.37 Å². The number of hydrogen-bond acceptors (Lipinski definition) is 4. The van der Waals surface area contributed by atoms with Crippen LogP contribution in [0.3, 0.4) is 0 Å². The lowest BCUT2D eigenvalue weighted by Crippen LogP contribution is -1.92. The van der Waals surface area contributed by atoms with Gasteiger partial charge >= 0.3 is 0 Å². The lowest BCUT2D eigenvalue weighted by Gasteiger charge is -2.08. The summed E-state index contributed by atoms with van der Waals surface area (Å²) in [5, 5.41) is 0. The molecule has 0 amide bonds.